The molecular formula is C5H11NO2S. The van der Waals surface area contributed by atoms with E-state index in [0.717, 1.165) is 18.8 Å². The van der Waals surface area contributed by atoms with Crippen LogP contribution < -0.4 is 4.72 Å². The van der Waals surface area contributed by atoms with Crippen molar-refractivity contribution < 1.29 is 8.76 Å². The Hall–Kier alpha value is 0.0700. The van der Waals surface area contributed by atoms with E-state index >= 15 is 0 Å². The normalized spacial score (nSPS) is 37.6. The molecule has 0 aromatic rings. The Bertz CT molecular complexity index is 122. The molecule has 0 spiro atoms. The van der Waals surface area contributed by atoms with Crippen LogP contribution >= 0.6 is 0 Å². The lowest BCUT2D eigenvalue weighted by atomic mass is 9.83. The van der Waals surface area contributed by atoms with Gasteiger partial charge in [-0.2, -0.15) is 0 Å². The van der Waals surface area contributed by atoms with Gasteiger partial charge in [0.05, 0.1) is 0 Å². The van der Waals surface area contributed by atoms with Crippen molar-refractivity contribution in [1.82, 2.24) is 4.72 Å². The van der Waals surface area contributed by atoms with Crippen LogP contribution in [0.25, 0.3) is 0 Å². The molecule has 1 aliphatic carbocycles. The third-order valence-electron chi connectivity index (χ3n) is 1.64. The van der Waals surface area contributed by atoms with Gasteiger partial charge in [-0.3, -0.25) is 4.55 Å². The first-order valence-electron chi connectivity index (χ1n) is 3.05. The third kappa shape index (κ3) is 2.04. The molecule has 0 aromatic heterocycles. The lowest BCUT2D eigenvalue weighted by Crippen LogP contribution is -2.40. The fourth-order valence-corrected chi connectivity index (χ4v) is 1.62. The molecule has 1 rings (SSSR count). The van der Waals surface area contributed by atoms with Gasteiger partial charge < -0.3 is 0 Å². The zero-order valence-electron chi connectivity index (χ0n) is 5.33. The van der Waals surface area contributed by atoms with Gasteiger partial charge in [0.25, 0.3) is 0 Å². The summed E-state index contributed by atoms with van der Waals surface area (Å²) in [6.07, 6.45) is 2.07. The number of hydrogen-bond donors (Lipinski definition) is 2. The summed E-state index contributed by atoms with van der Waals surface area (Å²) in [5.41, 5.74) is 0. The van der Waals surface area contributed by atoms with Crippen molar-refractivity contribution in [1.29, 1.82) is 0 Å². The highest BCUT2D eigenvalue weighted by Gasteiger charge is 2.25. The predicted octanol–water partition coefficient (Wildman–Crippen LogP) is 0.511. The first-order chi connectivity index (χ1) is 4.18. The van der Waals surface area contributed by atoms with Crippen LogP contribution in [0.5, 0.6) is 0 Å². The smallest absolute Gasteiger partial charge is 0.231 e. The number of nitrogens with one attached hydrogen (secondary N) is 1. The average molecular weight is 149 g/mol. The molecule has 9 heavy (non-hydrogen) atoms. The highest BCUT2D eigenvalue weighted by Crippen LogP contribution is 2.26. The van der Waals surface area contributed by atoms with Crippen molar-refractivity contribution in [2.75, 3.05) is 0 Å². The first kappa shape index (κ1) is 7.18. The predicted molar refractivity (Wildman–Crippen MR) is 36.1 cm³/mol. The van der Waals surface area contributed by atoms with Crippen molar-refractivity contribution in [3.8, 4) is 0 Å². The molecule has 1 aliphatic rings. The van der Waals surface area contributed by atoms with E-state index in [1.165, 1.54) is 0 Å². The zero-order chi connectivity index (χ0) is 6.85. The molecule has 0 heterocycles. The third-order valence-corrected chi connectivity index (χ3v) is 2.18. The van der Waals surface area contributed by atoms with Crippen molar-refractivity contribution in [2.45, 2.75) is 25.8 Å². The first-order valence-corrected chi connectivity index (χ1v) is 4.16. The average Bonchev–Trinajstić information content (AvgIpc) is 1.60. The summed E-state index contributed by atoms with van der Waals surface area (Å²) in [4.78, 5) is 0. The SMILES string of the molecule is CC1CC(NS(=O)O)C1. The molecule has 1 fully saturated rings. The molecule has 0 amide bonds. The Morgan fingerprint density at radius 3 is 2.56 bits per heavy atom. The highest BCUT2D eigenvalue weighted by atomic mass is 32.2. The van der Waals surface area contributed by atoms with Gasteiger partial charge in [0.15, 0.2) is 0 Å². The summed E-state index contributed by atoms with van der Waals surface area (Å²) >= 11 is -1.81. The van der Waals surface area contributed by atoms with Gasteiger partial charge in [0.1, 0.15) is 0 Å². The van der Waals surface area contributed by atoms with Crippen LogP contribution in [0.1, 0.15) is 19.8 Å². The lowest BCUT2D eigenvalue weighted by Gasteiger charge is -2.31. The summed E-state index contributed by atoms with van der Waals surface area (Å²) in [6, 6.07) is 0.283. The summed E-state index contributed by atoms with van der Waals surface area (Å²) in [6.45, 7) is 2.14. The Balaban J connectivity index is 2.11. The van der Waals surface area contributed by atoms with Gasteiger partial charge in [-0.25, -0.2) is 8.93 Å². The maximum atomic E-state index is 10.1. The van der Waals surface area contributed by atoms with E-state index in [1.807, 2.05) is 0 Å². The van der Waals surface area contributed by atoms with Crippen LogP contribution in [0.3, 0.4) is 0 Å². The van der Waals surface area contributed by atoms with Crippen LogP contribution in [-0.4, -0.2) is 14.8 Å². The Morgan fingerprint density at radius 2 is 2.22 bits per heavy atom. The standard InChI is InChI=1S/C5H11NO2S/c1-4-2-5(3-4)6-9(7)8/h4-6H,2-3H2,1H3,(H,7,8). The fraction of sp³-hybridized carbons (Fsp3) is 1.00. The van der Waals surface area contributed by atoms with Crippen LogP contribution in [0.2, 0.25) is 0 Å². The second-order valence-electron chi connectivity index (χ2n) is 2.64. The maximum absolute atomic E-state index is 10.1. The van der Waals surface area contributed by atoms with Crippen molar-refractivity contribution in [3.05, 3.63) is 0 Å². The molecule has 54 valence electrons. The summed E-state index contributed by atoms with van der Waals surface area (Å²) in [7, 11) is 0. The van der Waals surface area contributed by atoms with Crippen molar-refractivity contribution >= 4 is 11.3 Å². The number of rotatable bonds is 2. The molecule has 1 saturated carbocycles. The van der Waals surface area contributed by atoms with Crippen LogP contribution in [0.4, 0.5) is 0 Å². The molecular weight excluding hydrogens is 138 g/mol. The monoisotopic (exact) mass is 149 g/mol. The fourth-order valence-electron chi connectivity index (χ4n) is 1.14. The maximum Gasteiger partial charge on any atom is 0.231 e. The van der Waals surface area contributed by atoms with E-state index in [1.54, 1.807) is 0 Å². The van der Waals surface area contributed by atoms with E-state index in [-0.39, 0.29) is 6.04 Å². The largest absolute Gasteiger partial charge is 0.294 e. The van der Waals surface area contributed by atoms with Crippen LogP contribution in [0.15, 0.2) is 0 Å². The quantitative estimate of drug-likeness (QED) is 0.562. The second-order valence-corrected chi connectivity index (χ2v) is 3.37. The Kier molecular flexibility index (Phi) is 2.21. The lowest BCUT2D eigenvalue weighted by molar-refractivity contribution is 0.269. The molecule has 0 bridgehead atoms. The Labute approximate surface area is 57.3 Å². The minimum Gasteiger partial charge on any atom is -0.294 e. The minimum atomic E-state index is -1.81. The van der Waals surface area contributed by atoms with Crippen LogP contribution in [-0.2, 0) is 11.3 Å². The molecule has 2 N–H and O–H groups in total. The molecule has 0 radical (unpaired) electrons. The molecule has 4 heteroatoms. The summed E-state index contributed by atoms with van der Waals surface area (Å²) < 4.78 is 21.0. The van der Waals surface area contributed by atoms with Gasteiger partial charge >= 0.3 is 0 Å². The molecule has 1 atom stereocenters. The highest BCUT2D eigenvalue weighted by molar-refractivity contribution is 7.77. The van der Waals surface area contributed by atoms with E-state index < -0.39 is 11.3 Å². The van der Waals surface area contributed by atoms with E-state index in [4.69, 9.17) is 4.55 Å². The molecule has 0 saturated heterocycles. The zero-order valence-corrected chi connectivity index (χ0v) is 6.15. The Morgan fingerprint density at radius 1 is 1.67 bits per heavy atom. The van der Waals surface area contributed by atoms with Gasteiger partial charge in [-0.05, 0) is 18.8 Å². The van der Waals surface area contributed by atoms with Crippen molar-refractivity contribution in [3.63, 3.8) is 0 Å². The van der Waals surface area contributed by atoms with Crippen molar-refractivity contribution in [2.24, 2.45) is 5.92 Å². The van der Waals surface area contributed by atoms with Gasteiger partial charge in [0.2, 0.25) is 11.3 Å². The molecule has 0 aromatic carbocycles. The van der Waals surface area contributed by atoms with E-state index in [9.17, 15) is 4.21 Å². The molecule has 3 nitrogen and oxygen atoms in total. The molecule has 1 unspecified atom stereocenters. The van der Waals surface area contributed by atoms with Gasteiger partial charge in [-0.1, -0.05) is 6.92 Å². The second kappa shape index (κ2) is 2.77. The summed E-state index contributed by atoms with van der Waals surface area (Å²) in [5.74, 6) is 0.728. The minimum absolute atomic E-state index is 0.283. The van der Waals surface area contributed by atoms with Crippen LogP contribution in [0, 0.1) is 5.92 Å². The molecule has 0 aliphatic heterocycles. The number of hydrogen-bond acceptors (Lipinski definition) is 1. The summed E-state index contributed by atoms with van der Waals surface area (Å²) in [5, 5.41) is 0. The van der Waals surface area contributed by atoms with E-state index in [2.05, 4.69) is 11.6 Å². The topological polar surface area (TPSA) is 49.3 Å². The van der Waals surface area contributed by atoms with E-state index in [0.29, 0.717) is 0 Å². The van der Waals surface area contributed by atoms with Gasteiger partial charge in [0, 0.05) is 6.04 Å². The van der Waals surface area contributed by atoms with Gasteiger partial charge in [-0.15, -0.1) is 0 Å².